The fraction of sp³-hybridized carbons (Fsp3) is 0.583. The third kappa shape index (κ3) is 2.94. The van der Waals surface area contributed by atoms with Crippen LogP contribution in [0.15, 0.2) is 12.3 Å². The second-order valence-corrected chi connectivity index (χ2v) is 5.07. The predicted molar refractivity (Wildman–Crippen MR) is 67.5 cm³/mol. The van der Waals surface area contributed by atoms with Gasteiger partial charge in [0, 0.05) is 24.0 Å². The van der Waals surface area contributed by atoms with E-state index in [-0.39, 0.29) is 5.82 Å². The monoisotopic (exact) mass is 304 g/mol. The lowest BCUT2D eigenvalue weighted by molar-refractivity contribution is 0.379. The van der Waals surface area contributed by atoms with Crippen molar-refractivity contribution < 1.29 is 8.78 Å². The standard InChI is InChI=1S/C12H15BrF2N2/c13-5-2-6-17(10-3-1-4-10)12-11(15)7-9(14)8-16-12/h7-8,10H,1-6H2. The number of hydrogen-bond acceptors (Lipinski definition) is 2. The van der Waals surface area contributed by atoms with Crippen LogP contribution in [-0.2, 0) is 0 Å². The van der Waals surface area contributed by atoms with Crippen LogP contribution in [0.2, 0.25) is 0 Å². The lowest BCUT2D eigenvalue weighted by Crippen LogP contribution is -2.42. The maximum atomic E-state index is 13.7. The van der Waals surface area contributed by atoms with Crippen LogP contribution in [0.4, 0.5) is 14.6 Å². The van der Waals surface area contributed by atoms with Gasteiger partial charge in [0.1, 0.15) is 5.82 Å². The molecule has 0 saturated heterocycles. The topological polar surface area (TPSA) is 16.1 Å². The van der Waals surface area contributed by atoms with Gasteiger partial charge >= 0.3 is 0 Å². The van der Waals surface area contributed by atoms with Gasteiger partial charge in [-0.2, -0.15) is 0 Å². The Hall–Kier alpha value is -0.710. The van der Waals surface area contributed by atoms with E-state index in [1.54, 1.807) is 0 Å². The fourth-order valence-corrected chi connectivity index (χ4v) is 2.26. The Balaban J connectivity index is 2.17. The molecule has 94 valence electrons. The maximum absolute atomic E-state index is 13.7. The molecule has 0 amide bonds. The summed E-state index contributed by atoms with van der Waals surface area (Å²) in [5, 5.41) is 0.874. The van der Waals surface area contributed by atoms with Gasteiger partial charge in [0.25, 0.3) is 0 Å². The largest absolute Gasteiger partial charge is 0.351 e. The predicted octanol–water partition coefficient (Wildman–Crippen LogP) is 3.50. The van der Waals surface area contributed by atoms with Crippen molar-refractivity contribution in [3.05, 3.63) is 23.9 Å². The van der Waals surface area contributed by atoms with E-state index in [0.717, 1.165) is 43.4 Å². The molecule has 0 radical (unpaired) electrons. The molecular weight excluding hydrogens is 290 g/mol. The van der Waals surface area contributed by atoms with Crippen LogP contribution >= 0.6 is 15.9 Å². The second-order valence-electron chi connectivity index (χ2n) is 4.28. The van der Waals surface area contributed by atoms with Crippen LogP contribution in [-0.4, -0.2) is 22.9 Å². The van der Waals surface area contributed by atoms with Crippen LogP contribution in [0, 0.1) is 11.6 Å². The van der Waals surface area contributed by atoms with Crippen molar-refractivity contribution in [1.29, 1.82) is 0 Å². The Labute approximate surface area is 108 Å². The van der Waals surface area contributed by atoms with Gasteiger partial charge in [-0.15, -0.1) is 0 Å². The van der Waals surface area contributed by atoms with Crippen molar-refractivity contribution in [3.8, 4) is 0 Å². The smallest absolute Gasteiger partial charge is 0.168 e. The molecule has 1 aromatic rings. The summed E-state index contributed by atoms with van der Waals surface area (Å²) < 4.78 is 26.5. The van der Waals surface area contributed by atoms with Crippen LogP contribution in [0.5, 0.6) is 0 Å². The van der Waals surface area contributed by atoms with E-state index in [1.807, 2.05) is 4.90 Å². The number of anilines is 1. The average Bonchev–Trinajstić information content (AvgIpc) is 2.22. The first kappa shape index (κ1) is 12.7. The molecule has 17 heavy (non-hydrogen) atoms. The van der Waals surface area contributed by atoms with Gasteiger partial charge in [0.2, 0.25) is 0 Å². The Kier molecular flexibility index (Phi) is 4.31. The van der Waals surface area contributed by atoms with Gasteiger partial charge in [-0.1, -0.05) is 15.9 Å². The van der Waals surface area contributed by atoms with Crippen molar-refractivity contribution in [1.82, 2.24) is 4.98 Å². The first-order chi connectivity index (χ1) is 8.22. The molecule has 1 heterocycles. The third-order valence-corrected chi connectivity index (χ3v) is 3.67. The summed E-state index contributed by atoms with van der Waals surface area (Å²) in [6, 6.07) is 1.27. The minimum Gasteiger partial charge on any atom is -0.351 e. The van der Waals surface area contributed by atoms with Crippen molar-refractivity contribution in [2.45, 2.75) is 31.7 Å². The summed E-state index contributed by atoms with van der Waals surface area (Å²) in [4.78, 5) is 5.87. The molecule has 1 aliphatic carbocycles. The Morgan fingerprint density at radius 3 is 2.71 bits per heavy atom. The highest BCUT2D eigenvalue weighted by atomic mass is 79.9. The van der Waals surface area contributed by atoms with E-state index in [0.29, 0.717) is 6.04 Å². The van der Waals surface area contributed by atoms with E-state index in [4.69, 9.17) is 0 Å². The molecule has 0 unspecified atom stereocenters. The molecule has 5 heteroatoms. The van der Waals surface area contributed by atoms with Crippen LogP contribution in [0.25, 0.3) is 0 Å². The molecule has 0 spiro atoms. The van der Waals surface area contributed by atoms with Crippen LogP contribution in [0.1, 0.15) is 25.7 Å². The minimum atomic E-state index is -0.625. The third-order valence-electron chi connectivity index (χ3n) is 3.11. The second kappa shape index (κ2) is 5.76. The van der Waals surface area contributed by atoms with Crippen LogP contribution in [0.3, 0.4) is 0 Å². The summed E-state index contributed by atoms with van der Waals surface area (Å²) in [5.74, 6) is -0.899. The van der Waals surface area contributed by atoms with Gasteiger partial charge < -0.3 is 4.90 Å². The molecule has 1 aliphatic rings. The summed E-state index contributed by atoms with van der Waals surface area (Å²) >= 11 is 3.37. The number of alkyl halides is 1. The lowest BCUT2D eigenvalue weighted by Gasteiger charge is -2.38. The highest BCUT2D eigenvalue weighted by Gasteiger charge is 2.27. The summed E-state index contributed by atoms with van der Waals surface area (Å²) in [6.07, 6.45) is 5.33. The first-order valence-electron chi connectivity index (χ1n) is 5.86. The number of rotatable bonds is 5. The van der Waals surface area contributed by atoms with Gasteiger partial charge in [0.15, 0.2) is 11.6 Å². The fourth-order valence-electron chi connectivity index (χ4n) is 2.01. The van der Waals surface area contributed by atoms with E-state index in [2.05, 4.69) is 20.9 Å². The normalized spacial score (nSPS) is 15.7. The van der Waals surface area contributed by atoms with Gasteiger partial charge in [-0.05, 0) is 25.7 Å². The van der Waals surface area contributed by atoms with Crippen molar-refractivity contribution in [3.63, 3.8) is 0 Å². The first-order valence-corrected chi connectivity index (χ1v) is 6.98. The van der Waals surface area contributed by atoms with Crippen molar-refractivity contribution >= 4 is 21.7 Å². The summed E-state index contributed by atoms with van der Waals surface area (Å²) in [7, 11) is 0. The molecule has 0 aliphatic heterocycles. The molecular formula is C12H15BrF2N2. The van der Waals surface area contributed by atoms with Gasteiger partial charge in [-0.3, -0.25) is 0 Å². The zero-order valence-electron chi connectivity index (χ0n) is 9.50. The zero-order chi connectivity index (χ0) is 12.3. The minimum absolute atomic E-state index is 0.289. The summed E-state index contributed by atoms with van der Waals surface area (Å²) in [6.45, 7) is 0.755. The molecule has 1 fully saturated rings. The average molecular weight is 305 g/mol. The SMILES string of the molecule is Fc1cnc(N(CCCBr)C2CCC2)c(F)c1. The van der Waals surface area contributed by atoms with E-state index < -0.39 is 11.6 Å². The highest BCUT2D eigenvalue weighted by Crippen LogP contribution is 2.30. The van der Waals surface area contributed by atoms with Gasteiger partial charge in [0.05, 0.1) is 6.20 Å². The Bertz CT molecular complexity index is 383. The van der Waals surface area contributed by atoms with Gasteiger partial charge in [-0.25, -0.2) is 13.8 Å². The van der Waals surface area contributed by atoms with E-state index in [1.165, 1.54) is 6.42 Å². The van der Waals surface area contributed by atoms with E-state index >= 15 is 0 Å². The molecule has 0 N–H and O–H groups in total. The molecule has 1 saturated carbocycles. The quantitative estimate of drug-likeness (QED) is 0.774. The molecule has 0 bridgehead atoms. The maximum Gasteiger partial charge on any atom is 0.168 e. The van der Waals surface area contributed by atoms with Crippen LogP contribution < -0.4 is 4.90 Å². The lowest BCUT2D eigenvalue weighted by atomic mass is 9.91. The number of aromatic nitrogens is 1. The summed E-state index contributed by atoms with van der Waals surface area (Å²) in [5.41, 5.74) is 0. The number of nitrogens with zero attached hydrogens (tertiary/aromatic N) is 2. The van der Waals surface area contributed by atoms with Crippen molar-refractivity contribution in [2.75, 3.05) is 16.8 Å². The Morgan fingerprint density at radius 2 is 2.18 bits per heavy atom. The highest BCUT2D eigenvalue weighted by molar-refractivity contribution is 9.09. The van der Waals surface area contributed by atoms with Crippen molar-refractivity contribution in [2.24, 2.45) is 0 Å². The Morgan fingerprint density at radius 1 is 1.41 bits per heavy atom. The number of pyridine rings is 1. The molecule has 1 aromatic heterocycles. The molecule has 2 nitrogen and oxygen atoms in total. The molecule has 2 rings (SSSR count). The number of hydrogen-bond donors (Lipinski definition) is 0. The zero-order valence-corrected chi connectivity index (χ0v) is 11.1. The molecule has 0 aromatic carbocycles. The molecule has 0 atom stereocenters. The van der Waals surface area contributed by atoms with E-state index in [9.17, 15) is 8.78 Å². The number of halogens is 3.